The second-order valence-corrected chi connectivity index (χ2v) is 3.68. The van der Waals surface area contributed by atoms with E-state index < -0.39 is 0 Å². The van der Waals surface area contributed by atoms with Gasteiger partial charge in [-0.3, -0.25) is 0 Å². The molecule has 16 heavy (non-hydrogen) atoms. The van der Waals surface area contributed by atoms with Crippen molar-refractivity contribution in [2.75, 3.05) is 0 Å². The third kappa shape index (κ3) is 2.96. The predicted octanol–water partition coefficient (Wildman–Crippen LogP) is 5.24. The van der Waals surface area contributed by atoms with Gasteiger partial charge < -0.3 is 0 Å². The first kappa shape index (κ1) is 14.4. The van der Waals surface area contributed by atoms with E-state index in [2.05, 4.69) is 62.4 Å². The third-order valence-electron chi connectivity index (χ3n) is 2.51. The molecule has 0 aromatic heterocycles. The Bertz CT molecular complexity index is 424. The molecule has 0 N–H and O–H groups in total. The summed E-state index contributed by atoms with van der Waals surface area (Å²) in [6.07, 6.45) is 0. The minimum atomic E-state index is 0. The lowest BCUT2D eigenvalue weighted by Crippen LogP contribution is -1.82. The Morgan fingerprint density at radius 2 is 1.25 bits per heavy atom. The van der Waals surface area contributed by atoms with Crippen molar-refractivity contribution < 1.29 is 0 Å². The molecule has 0 aliphatic carbocycles. The van der Waals surface area contributed by atoms with Gasteiger partial charge in [-0.15, -0.1) is 0 Å². The van der Waals surface area contributed by atoms with Crippen molar-refractivity contribution in [2.45, 2.75) is 28.7 Å². The van der Waals surface area contributed by atoms with Gasteiger partial charge in [-0.05, 0) is 30.5 Å². The third-order valence-corrected chi connectivity index (χ3v) is 2.51. The summed E-state index contributed by atoms with van der Waals surface area (Å²) >= 11 is 0. The fourth-order valence-corrected chi connectivity index (χ4v) is 1.63. The Balaban J connectivity index is 0.00000112. The topological polar surface area (TPSA) is 0 Å². The highest BCUT2D eigenvalue weighted by molar-refractivity contribution is 5.67. The van der Waals surface area contributed by atoms with Crippen LogP contribution in [-0.2, 0) is 0 Å². The van der Waals surface area contributed by atoms with Crippen molar-refractivity contribution >= 4 is 0 Å². The van der Waals surface area contributed by atoms with Crippen LogP contribution < -0.4 is 0 Å². The van der Waals surface area contributed by atoms with Crippen LogP contribution >= 0.6 is 0 Å². The number of hydrogen-bond donors (Lipinski definition) is 0. The van der Waals surface area contributed by atoms with Crippen LogP contribution in [0.5, 0.6) is 0 Å². The maximum atomic E-state index is 2.18. The van der Waals surface area contributed by atoms with E-state index in [0.29, 0.717) is 0 Å². The van der Waals surface area contributed by atoms with Gasteiger partial charge in [0.2, 0.25) is 0 Å². The second-order valence-electron chi connectivity index (χ2n) is 3.68. The molecule has 0 heterocycles. The van der Waals surface area contributed by atoms with Crippen LogP contribution in [0.1, 0.15) is 26.0 Å². The van der Waals surface area contributed by atoms with Gasteiger partial charge in [0.15, 0.2) is 0 Å². The summed E-state index contributed by atoms with van der Waals surface area (Å²) in [5.41, 5.74) is 5.26. The fourth-order valence-electron chi connectivity index (χ4n) is 1.63. The maximum absolute atomic E-state index is 2.18. The maximum Gasteiger partial charge on any atom is -0.0155 e. The van der Waals surface area contributed by atoms with Crippen molar-refractivity contribution in [3.05, 3.63) is 59.7 Å². The lowest BCUT2D eigenvalue weighted by atomic mass is 10.00. The van der Waals surface area contributed by atoms with Gasteiger partial charge in [0.1, 0.15) is 0 Å². The molecule has 86 valence electrons. The average Bonchev–Trinajstić information content (AvgIpc) is 2.20. The minimum absolute atomic E-state index is 0. The van der Waals surface area contributed by atoms with Crippen LogP contribution in [0.4, 0.5) is 0 Å². The van der Waals surface area contributed by atoms with Gasteiger partial charge in [-0.1, -0.05) is 68.9 Å². The van der Waals surface area contributed by atoms with Gasteiger partial charge in [0.25, 0.3) is 0 Å². The lowest BCUT2D eigenvalue weighted by molar-refractivity contribution is 1.43. The number of hydrogen-bond acceptors (Lipinski definition) is 0. The molecule has 0 spiro atoms. The molecular formula is C16H22. The largest absolute Gasteiger partial charge is 0.0776 e. The van der Waals surface area contributed by atoms with Crippen molar-refractivity contribution in [2.24, 2.45) is 0 Å². The molecule has 0 unspecified atom stereocenters. The first-order valence-electron chi connectivity index (χ1n) is 4.90. The highest BCUT2D eigenvalue weighted by atomic mass is 14.0. The molecule has 2 aromatic carbocycles. The Morgan fingerprint density at radius 3 is 1.81 bits per heavy atom. The average molecular weight is 214 g/mol. The Morgan fingerprint density at radius 1 is 0.688 bits per heavy atom. The predicted molar refractivity (Wildman–Crippen MR) is 74.8 cm³/mol. The Labute approximate surface area is 100.0 Å². The van der Waals surface area contributed by atoms with Gasteiger partial charge in [-0.25, -0.2) is 0 Å². The summed E-state index contributed by atoms with van der Waals surface area (Å²) in [4.78, 5) is 0. The molecule has 0 aliphatic heterocycles. The summed E-state index contributed by atoms with van der Waals surface area (Å²) < 4.78 is 0. The van der Waals surface area contributed by atoms with Crippen molar-refractivity contribution in [1.29, 1.82) is 0 Å². The molecule has 0 aliphatic rings. The monoisotopic (exact) mass is 214 g/mol. The van der Waals surface area contributed by atoms with E-state index in [9.17, 15) is 0 Å². The van der Waals surface area contributed by atoms with Gasteiger partial charge in [0, 0.05) is 0 Å². The molecule has 0 nitrogen and oxygen atoms in total. The molecule has 0 radical (unpaired) electrons. The zero-order chi connectivity index (χ0) is 9.97. The van der Waals surface area contributed by atoms with Crippen molar-refractivity contribution in [3.8, 4) is 11.1 Å². The summed E-state index contributed by atoms with van der Waals surface area (Å²) in [5.74, 6) is 0. The van der Waals surface area contributed by atoms with Crippen LogP contribution in [0.25, 0.3) is 11.1 Å². The van der Waals surface area contributed by atoms with Crippen LogP contribution in [0.15, 0.2) is 48.5 Å². The fraction of sp³-hybridized carbons (Fsp3) is 0.250. The highest BCUT2D eigenvalue weighted by Gasteiger charge is 1.98. The molecule has 2 rings (SSSR count). The van der Waals surface area contributed by atoms with Crippen LogP contribution in [0, 0.1) is 13.8 Å². The molecule has 0 amide bonds. The first-order chi connectivity index (χ1) is 6.77. The molecule has 0 saturated carbocycles. The quantitative estimate of drug-likeness (QED) is 0.608. The summed E-state index contributed by atoms with van der Waals surface area (Å²) in [6.45, 7) is 4.26. The second kappa shape index (κ2) is 6.12. The molecule has 0 atom stereocenters. The molecule has 0 fully saturated rings. The van der Waals surface area contributed by atoms with E-state index in [1.807, 2.05) is 0 Å². The summed E-state index contributed by atoms with van der Waals surface area (Å²) in [5, 5.41) is 0. The zero-order valence-corrected chi connectivity index (χ0v) is 8.62. The minimum Gasteiger partial charge on any atom is -0.0776 e. The van der Waals surface area contributed by atoms with Gasteiger partial charge in [-0.2, -0.15) is 0 Å². The Hall–Kier alpha value is -1.56. The molecule has 0 heteroatoms. The lowest BCUT2D eigenvalue weighted by Gasteiger charge is -2.05. The van der Waals surface area contributed by atoms with Crippen molar-refractivity contribution in [3.63, 3.8) is 0 Å². The van der Waals surface area contributed by atoms with E-state index in [-0.39, 0.29) is 14.9 Å². The van der Waals surface area contributed by atoms with E-state index in [1.54, 1.807) is 0 Å². The molecular weight excluding hydrogens is 192 g/mol. The molecule has 0 bridgehead atoms. The summed E-state index contributed by atoms with van der Waals surface area (Å²) in [7, 11) is 0. The zero-order valence-electron chi connectivity index (χ0n) is 8.62. The van der Waals surface area contributed by atoms with E-state index in [0.717, 1.165) is 0 Å². The molecule has 0 saturated heterocycles. The summed E-state index contributed by atoms with van der Waals surface area (Å²) in [6, 6.07) is 17.1. The van der Waals surface area contributed by atoms with E-state index in [4.69, 9.17) is 0 Å². The van der Waals surface area contributed by atoms with Crippen LogP contribution in [-0.4, -0.2) is 0 Å². The smallest absolute Gasteiger partial charge is 0.0155 e. The number of benzene rings is 2. The Kier molecular flexibility index (Phi) is 5.52. The van der Waals surface area contributed by atoms with E-state index >= 15 is 0 Å². The van der Waals surface area contributed by atoms with Gasteiger partial charge >= 0.3 is 0 Å². The van der Waals surface area contributed by atoms with Crippen molar-refractivity contribution in [1.82, 2.24) is 0 Å². The standard InChI is InChI=1S/C14H14.2CH4/c1-11-7-9-13(10-8-11)14-6-4-3-5-12(14)2;;/h3-10H,1-2H3;2*1H4. The normalized spacial score (nSPS) is 8.88. The molecule has 2 aromatic rings. The first-order valence-corrected chi connectivity index (χ1v) is 4.90. The number of aryl methyl sites for hydroxylation is 2. The SMILES string of the molecule is C.C.Cc1ccc(-c2ccccc2C)cc1. The van der Waals surface area contributed by atoms with E-state index in [1.165, 1.54) is 22.3 Å². The van der Waals surface area contributed by atoms with Crippen LogP contribution in [0.2, 0.25) is 0 Å². The van der Waals surface area contributed by atoms with Gasteiger partial charge in [0.05, 0.1) is 0 Å². The highest BCUT2D eigenvalue weighted by Crippen LogP contribution is 2.22. The van der Waals surface area contributed by atoms with Crippen LogP contribution in [0.3, 0.4) is 0 Å². The number of rotatable bonds is 1.